The number of hydrogen-bond acceptors (Lipinski definition) is 3. The number of nitriles is 1. The van der Waals surface area contributed by atoms with Crippen LogP contribution in [0.25, 0.3) is 0 Å². The maximum absolute atomic E-state index is 13.0. The smallest absolute Gasteiger partial charge is 0.420 e. The second kappa shape index (κ2) is 5.37. The van der Waals surface area contributed by atoms with Crippen molar-refractivity contribution in [1.29, 1.82) is 5.26 Å². The number of nitrogens with two attached hydrogens (primary N) is 1. The van der Waals surface area contributed by atoms with Crippen molar-refractivity contribution in [3.63, 3.8) is 0 Å². The first-order valence-corrected chi connectivity index (χ1v) is 5.96. The van der Waals surface area contributed by atoms with Gasteiger partial charge in [-0.2, -0.15) is 18.4 Å². The summed E-state index contributed by atoms with van der Waals surface area (Å²) < 4.78 is 44.3. The summed E-state index contributed by atoms with van der Waals surface area (Å²) in [6.45, 7) is 1.81. The van der Waals surface area contributed by atoms with E-state index in [1.54, 1.807) is 18.2 Å². The summed E-state index contributed by atoms with van der Waals surface area (Å²) in [4.78, 5) is 0. The van der Waals surface area contributed by atoms with Crippen molar-refractivity contribution in [3.05, 3.63) is 53.1 Å². The van der Waals surface area contributed by atoms with Gasteiger partial charge in [-0.3, -0.25) is 0 Å². The summed E-state index contributed by atoms with van der Waals surface area (Å²) >= 11 is 0. The number of ether oxygens (including phenoxy) is 1. The number of alkyl halides is 3. The second-order valence-electron chi connectivity index (χ2n) is 4.46. The highest BCUT2D eigenvalue weighted by atomic mass is 19.4. The van der Waals surface area contributed by atoms with Crippen LogP contribution in [0, 0.1) is 18.3 Å². The van der Waals surface area contributed by atoms with Crippen molar-refractivity contribution in [2.45, 2.75) is 13.1 Å². The molecule has 3 nitrogen and oxygen atoms in total. The summed E-state index contributed by atoms with van der Waals surface area (Å²) in [7, 11) is 0. The number of nitrogens with zero attached hydrogens (tertiary/aromatic N) is 1. The number of aryl methyl sites for hydroxylation is 1. The Labute approximate surface area is 119 Å². The molecule has 6 heteroatoms. The lowest BCUT2D eigenvalue weighted by Gasteiger charge is -2.15. The quantitative estimate of drug-likeness (QED) is 0.841. The fraction of sp³-hybridized carbons (Fsp3) is 0.133. The fourth-order valence-corrected chi connectivity index (χ4v) is 1.79. The molecular formula is C15H11F3N2O. The van der Waals surface area contributed by atoms with Gasteiger partial charge in [0, 0.05) is 0 Å². The van der Waals surface area contributed by atoms with Crippen LogP contribution in [-0.2, 0) is 6.18 Å². The zero-order chi connectivity index (χ0) is 15.6. The van der Waals surface area contributed by atoms with E-state index in [-0.39, 0.29) is 17.0 Å². The SMILES string of the molecule is Cc1ccc(Oc2ccc(C#N)cc2C(F)(F)F)c(N)c1. The third-order valence-electron chi connectivity index (χ3n) is 2.80. The standard InChI is InChI=1S/C15H11F3N2O/c1-9-2-4-14(12(20)6-9)21-13-5-3-10(8-19)7-11(13)15(16,17)18/h2-7H,20H2,1H3. The van der Waals surface area contributed by atoms with Crippen molar-refractivity contribution < 1.29 is 17.9 Å². The highest BCUT2D eigenvalue weighted by Crippen LogP contribution is 2.39. The van der Waals surface area contributed by atoms with E-state index in [4.69, 9.17) is 15.7 Å². The second-order valence-corrected chi connectivity index (χ2v) is 4.46. The van der Waals surface area contributed by atoms with Crippen LogP contribution in [0.5, 0.6) is 11.5 Å². The monoisotopic (exact) mass is 292 g/mol. The number of benzene rings is 2. The van der Waals surface area contributed by atoms with Gasteiger partial charge in [0.05, 0.1) is 22.9 Å². The molecule has 0 aliphatic carbocycles. The Morgan fingerprint density at radius 2 is 1.76 bits per heavy atom. The third kappa shape index (κ3) is 3.26. The van der Waals surface area contributed by atoms with Crippen LogP contribution < -0.4 is 10.5 Å². The van der Waals surface area contributed by atoms with Gasteiger partial charge in [0.15, 0.2) is 0 Å². The molecule has 2 aromatic carbocycles. The van der Waals surface area contributed by atoms with E-state index in [2.05, 4.69) is 0 Å². The highest BCUT2D eigenvalue weighted by molar-refractivity contribution is 5.56. The first kappa shape index (κ1) is 14.7. The minimum atomic E-state index is -4.62. The average Bonchev–Trinajstić information content (AvgIpc) is 2.41. The predicted octanol–water partition coefficient (Wildman–Crippen LogP) is 4.26. The molecule has 2 aromatic rings. The van der Waals surface area contributed by atoms with Gasteiger partial charge in [-0.1, -0.05) is 6.07 Å². The molecule has 2 rings (SSSR count). The average molecular weight is 292 g/mol. The van der Waals surface area contributed by atoms with E-state index in [1.807, 2.05) is 6.92 Å². The summed E-state index contributed by atoms with van der Waals surface area (Å²) in [6.07, 6.45) is -4.62. The number of rotatable bonds is 2. The van der Waals surface area contributed by atoms with Crippen molar-refractivity contribution >= 4 is 5.69 Å². The minimum Gasteiger partial charge on any atom is -0.455 e. The molecule has 0 amide bonds. The molecule has 108 valence electrons. The summed E-state index contributed by atoms with van der Waals surface area (Å²) in [5.74, 6) is -0.257. The molecule has 0 heterocycles. The maximum Gasteiger partial charge on any atom is 0.420 e. The first-order chi connectivity index (χ1) is 9.81. The largest absolute Gasteiger partial charge is 0.455 e. The van der Waals surface area contributed by atoms with Crippen LogP contribution in [0.4, 0.5) is 18.9 Å². The molecular weight excluding hydrogens is 281 g/mol. The van der Waals surface area contributed by atoms with Gasteiger partial charge >= 0.3 is 6.18 Å². The number of hydrogen-bond donors (Lipinski definition) is 1. The van der Waals surface area contributed by atoms with E-state index in [0.717, 1.165) is 17.7 Å². The Morgan fingerprint density at radius 1 is 1.10 bits per heavy atom. The molecule has 0 spiro atoms. The van der Waals surface area contributed by atoms with E-state index in [0.29, 0.717) is 0 Å². The predicted molar refractivity (Wildman–Crippen MR) is 71.8 cm³/mol. The Bertz CT molecular complexity index is 718. The Balaban J connectivity index is 2.47. The van der Waals surface area contributed by atoms with E-state index in [9.17, 15) is 13.2 Å². The molecule has 0 aliphatic rings. The van der Waals surface area contributed by atoms with Crippen molar-refractivity contribution in [3.8, 4) is 17.6 Å². The van der Waals surface area contributed by atoms with Gasteiger partial charge in [-0.15, -0.1) is 0 Å². The van der Waals surface area contributed by atoms with Crippen LogP contribution >= 0.6 is 0 Å². The summed E-state index contributed by atoms with van der Waals surface area (Å²) in [6, 6.07) is 9.58. The zero-order valence-electron chi connectivity index (χ0n) is 11.0. The maximum atomic E-state index is 13.0. The van der Waals surface area contributed by atoms with Gasteiger partial charge in [0.1, 0.15) is 11.5 Å². The fourth-order valence-electron chi connectivity index (χ4n) is 1.79. The number of nitrogen functional groups attached to an aromatic ring is 1. The highest BCUT2D eigenvalue weighted by Gasteiger charge is 2.35. The minimum absolute atomic E-state index is 0.0912. The molecule has 21 heavy (non-hydrogen) atoms. The van der Waals surface area contributed by atoms with E-state index < -0.39 is 17.5 Å². The van der Waals surface area contributed by atoms with Crippen molar-refractivity contribution in [2.24, 2.45) is 0 Å². The molecule has 0 atom stereocenters. The van der Waals surface area contributed by atoms with Gasteiger partial charge in [-0.05, 0) is 42.8 Å². The number of anilines is 1. The normalized spacial score (nSPS) is 11.0. The molecule has 0 saturated heterocycles. The molecule has 0 saturated carbocycles. The lowest BCUT2D eigenvalue weighted by atomic mass is 10.1. The van der Waals surface area contributed by atoms with Crippen molar-refractivity contribution in [1.82, 2.24) is 0 Å². The van der Waals surface area contributed by atoms with Crippen LogP contribution in [-0.4, -0.2) is 0 Å². The van der Waals surface area contributed by atoms with Gasteiger partial charge in [-0.25, -0.2) is 0 Å². The van der Waals surface area contributed by atoms with Gasteiger partial charge in [0.2, 0.25) is 0 Å². The van der Waals surface area contributed by atoms with Crippen molar-refractivity contribution in [2.75, 3.05) is 5.73 Å². The molecule has 0 unspecified atom stereocenters. The molecule has 0 fully saturated rings. The molecule has 0 aliphatic heterocycles. The number of halogens is 3. The molecule has 0 bridgehead atoms. The molecule has 2 N–H and O–H groups in total. The first-order valence-electron chi connectivity index (χ1n) is 5.96. The van der Waals surface area contributed by atoms with E-state index in [1.165, 1.54) is 12.1 Å². The van der Waals surface area contributed by atoms with Gasteiger partial charge < -0.3 is 10.5 Å². The van der Waals surface area contributed by atoms with Gasteiger partial charge in [0.25, 0.3) is 0 Å². The molecule has 0 aromatic heterocycles. The Morgan fingerprint density at radius 3 is 2.33 bits per heavy atom. The van der Waals surface area contributed by atoms with Crippen LogP contribution in [0.2, 0.25) is 0 Å². The summed E-state index contributed by atoms with van der Waals surface area (Å²) in [5.41, 5.74) is 5.74. The topological polar surface area (TPSA) is 59.0 Å². The lowest BCUT2D eigenvalue weighted by molar-refractivity contribution is -0.138. The van der Waals surface area contributed by atoms with E-state index >= 15 is 0 Å². The Kier molecular flexibility index (Phi) is 3.76. The lowest BCUT2D eigenvalue weighted by Crippen LogP contribution is -2.08. The van der Waals surface area contributed by atoms with Crippen LogP contribution in [0.15, 0.2) is 36.4 Å². The van der Waals surface area contributed by atoms with Crippen LogP contribution in [0.1, 0.15) is 16.7 Å². The third-order valence-corrected chi connectivity index (χ3v) is 2.80. The Hall–Kier alpha value is -2.68. The van der Waals surface area contributed by atoms with Crippen LogP contribution in [0.3, 0.4) is 0 Å². The molecule has 0 radical (unpaired) electrons. The summed E-state index contributed by atoms with van der Waals surface area (Å²) in [5, 5.41) is 8.70. The zero-order valence-corrected chi connectivity index (χ0v) is 11.0.